The third-order valence-electron chi connectivity index (χ3n) is 5.02. The SMILES string of the molecule is Cc1cc(-c2cc(C(=O)Nc3cccc(-c4cnco4)c3)c3c(C)noc3n2)c(C)o1. The van der Waals surface area contributed by atoms with Gasteiger partial charge < -0.3 is 18.7 Å². The van der Waals surface area contributed by atoms with Crippen molar-refractivity contribution in [3.05, 3.63) is 71.8 Å². The van der Waals surface area contributed by atoms with Crippen LogP contribution < -0.4 is 5.32 Å². The van der Waals surface area contributed by atoms with Gasteiger partial charge in [0.25, 0.3) is 11.6 Å². The number of anilines is 1. The monoisotopic (exact) mass is 414 g/mol. The van der Waals surface area contributed by atoms with Crippen molar-refractivity contribution in [2.24, 2.45) is 0 Å². The maximum Gasteiger partial charge on any atom is 0.259 e. The second-order valence-electron chi connectivity index (χ2n) is 7.23. The van der Waals surface area contributed by atoms with Gasteiger partial charge in [0.15, 0.2) is 12.2 Å². The Kier molecular flexibility index (Phi) is 4.39. The zero-order chi connectivity index (χ0) is 21.5. The lowest BCUT2D eigenvalue weighted by Crippen LogP contribution is -2.13. The number of furan rings is 1. The van der Waals surface area contributed by atoms with Crippen LogP contribution in [0.3, 0.4) is 0 Å². The van der Waals surface area contributed by atoms with Crippen molar-refractivity contribution >= 4 is 22.7 Å². The van der Waals surface area contributed by atoms with Crippen LogP contribution >= 0.6 is 0 Å². The molecule has 0 unspecified atom stereocenters. The predicted molar refractivity (Wildman–Crippen MR) is 114 cm³/mol. The molecule has 154 valence electrons. The number of carbonyl (C=O) groups is 1. The van der Waals surface area contributed by atoms with Crippen LogP contribution in [0.15, 0.2) is 62.3 Å². The Morgan fingerprint density at radius 2 is 1.97 bits per heavy atom. The molecule has 0 aliphatic rings. The summed E-state index contributed by atoms with van der Waals surface area (Å²) in [6, 6.07) is 11.0. The quantitative estimate of drug-likeness (QED) is 0.424. The van der Waals surface area contributed by atoms with Crippen LogP contribution in [0.4, 0.5) is 5.69 Å². The second-order valence-corrected chi connectivity index (χ2v) is 7.23. The highest BCUT2D eigenvalue weighted by Gasteiger charge is 2.21. The first kappa shape index (κ1) is 18.8. The number of benzene rings is 1. The Morgan fingerprint density at radius 3 is 2.71 bits per heavy atom. The highest BCUT2D eigenvalue weighted by molar-refractivity contribution is 6.13. The molecule has 0 saturated carbocycles. The molecule has 5 aromatic rings. The topological polar surface area (TPSA) is 107 Å². The molecule has 0 aliphatic carbocycles. The van der Waals surface area contributed by atoms with Crippen molar-refractivity contribution in [2.75, 3.05) is 5.32 Å². The fourth-order valence-corrected chi connectivity index (χ4v) is 3.60. The van der Waals surface area contributed by atoms with Crippen LogP contribution in [-0.4, -0.2) is 21.0 Å². The van der Waals surface area contributed by atoms with Gasteiger partial charge in [-0.15, -0.1) is 0 Å². The minimum atomic E-state index is -0.299. The van der Waals surface area contributed by atoms with Crippen LogP contribution in [0.25, 0.3) is 33.7 Å². The zero-order valence-corrected chi connectivity index (χ0v) is 17.1. The van der Waals surface area contributed by atoms with Crippen molar-refractivity contribution in [1.29, 1.82) is 0 Å². The smallest absolute Gasteiger partial charge is 0.259 e. The Balaban J connectivity index is 1.56. The van der Waals surface area contributed by atoms with E-state index in [9.17, 15) is 4.79 Å². The molecule has 31 heavy (non-hydrogen) atoms. The van der Waals surface area contributed by atoms with E-state index in [1.165, 1.54) is 6.39 Å². The Morgan fingerprint density at radius 1 is 1.10 bits per heavy atom. The van der Waals surface area contributed by atoms with Gasteiger partial charge in [0.05, 0.1) is 28.5 Å². The van der Waals surface area contributed by atoms with E-state index in [0.717, 1.165) is 16.9 Å². The molecular weight excluding hydrogens is 396 g/mol. The molecule has 4 aromatic heterocycles. The molecule has 0 radical (unpaired) electrons. The number of nitrogens with zero attached hydrogens (tertiary/aromatic N) is 3. The van der Waals surface area contributed by atoms with Gasteiger partial charge in [0.1, 0.15) is 11.5 Å². The molecule has 4 heterocycles. The van der Waals surface area contributed by atoms with E-state index in [1.54, 1.807) is 25.3 Å². The van der Waals surface area contributed by atoms with E-state index in [1.807, 2.05) is 38.1 Å². The summed E-state index contributed by atoms with van der Waals surface area (Å²) < 4.78 is 16.3. The zero-order valence-electron chi connectivity index (χ0n) is 17.1. The number of aromatic nitrogens is 3. The molecule has 5 rings (SSSR count). The summed E-state index contributed by atoms with van der Waals surface area (Å²) in [5.74, 6) is 1.79. The fourth-order valence-electron chi connectivity index (χ4n) is 3.60. The number of amides is 1. The van der Waals surface area contributed by atoms with Gasteiger partial charge in [-0.2, -0.15) is 0 Å². The number of fused-ring (bicyclic) bond motifs is 1. The highest BCUT2D eigenvalue weighted by atomic mass is 16.5. The number of oxazole rings is 1. The largest absolute Gasteiger partial charge is 0.466 e. The summed E-state index contributed by atoms with van der Waals surface area (Å²) >= 11 is 0. The molecule has 0 spiro atoms. The number of nitrogens with one attached hydrogen (secondary N) is 1. The fraction of sp³-hybridized carbons (Fsp3) is 0.130. The van der Waals surface area contributed by atoms with Crippen molar-refractivity contribution < 1.29 is 18.2 Å². The number of carbonyl (C=O) groups excluding carboxylic acids is 1. The molecular formula is C23H18N4O4. The molecule has 0 fully saturated rings. The summed E-state index contributed by atoms with van der Waals surface area (Å²) in [7, 11) is 0. The van der Waals surface area contributed by atoms with Crippen molar-refractivity contribution in [1.82, 2.24) is 15.1 Å². The van der Waals surface area contributed by atoms with Gasteiger partial charge >= 0.3 is 0 Å². The first-order chi connectivity index (χ1) is 15.0. The first-order valence-electron chi connectivity index (χ1n) is 9.64. The molecule has 0 saturated heterocycles. The normalized spacial score (nSPS) is 11.2. The molecule has 8 nitrogen and oxygen atoms in total. The number of hydrogen-bond donors (Lipinski definition) is 1. The molecule has 8 heteroatoms. The molecule has 1 amide bonds. The standard InChI is InChI=1S/C23H18N4O4/c1-12-7-17(14(3)30-12)19-9-18(21-13(2)27-31-23(21)26-19)22(28)25-16-6-4-5-15(8-16)20-10-24-11-29-20/h4-11H,1-3H3,(H,25,28). The summed E-state index contributed by atoms with van der Waals surface area (Å²) in [5.41, 5.74) is 4.12. The van der Waals surface area contributed by atoms with Gasteiger partial charge in [0.2, 0.25) is 0 Å². The number of hydrogen-bond acceptors (Lipinski definition) is 7. The van der Waals surface area contributed by atoms with Crippen LogP contribution in [0, 0.1) is 20.8 Å². The Hall–Kier alpha value is -4.20. The van der Waals surface area contributed by atoms with E-state index >= 15 is 0 Å². The average Bonchev–Trinajstić information content (AvgIpc) is 3.48. The van der Waals surface area contributed by atoms with Gasteiger partial charge in [-0.3, -0.25) is 4.79 Å². The number of rotatable bonds is 4. The van der Waals surface area contributed by atoms with Gasteiger partial charge in [-0.05, 0) is 45.0 Å². The molecule has 0 atom stereocenters. The molecule has 0 bridgehead atoms. The molecule has 0 aliphatic heterocycles. The van der Waals surface area contributed by atoms with Crippen molar-refractivity contribution in [3.63, 3.8) is 0 Å². The lowest BCUT2D eigenvalue weighted by molar-refractivity contribution is 0.102. The maximum absolute atomic E-state index is 13.3. The summed E-state index contributed by atoms with van der Waals surface area (Å²) in [6.45, 7) is 5.50. The van der Waals surface area contributed by atoms with E-state index in [4.69, 9.17) is 13.4 Å². The predicted octanol–water partition coefficient (Wildman–Crippen LogP) is 5.32. The molecule has 1 N–H and O–H groups in total. The van der Waals surface area contributed by atoms with E-state index in [0.29, 0.717) is 45.3 Å². The van der Waals surface area contributed by atoms with Gasteiger partial charge in [0, 0.05) is 16.8 Å². The van der Waals surface area contributed by atoms with E-state index in [-0.39, 0.29) is 5.91 Å². The Bertz CT molecular complexity index is 1410. The summed E-state index contributed by atoms with van der Waals surface area (Å²) in [5, 5.41) is 7.52. The minimum absolute atomic E-state index is 0.299. The summed E-state index contributed by atoms with van der Waals surface area (Å²) in [6.07, 6.45) is 2.99. The van der Waals surface area contributed by atoms with Crippen LogP contribution in [-0.2, 0) is 0 Å². The maximum atomic E-state index is 13.3. The van der Waals surface area contributed by atoms with Gasteiger partial charge in [-0.25, -0.2) is 9.97 Å². The number of aryl methyl sites for hydroxylation is 3. The third-order valence-corrected chi connectivity index (χ3v) is 5.02. The highest BCUT2D eigenvalue weighted by Crippen LogP contribution is 2.31. The third kappa shape index (κ3) is 3.38. The van der Waals surface area contributed by atoms with Crippen molar-refractivity contribution in [2.45, 2.75) is 20.8 Å². The summed E-state index contributed by atoms with van der Waals surface area (Å²) in [4.78, 5) is 21.8. The second kappa shape index (κ2) is 7.24. The lowest BCUT2D eigenvalue weighted by Gasteiger charge is -2.09. The number of pyridine rings is 1. The van der Waals surface area contributed by atoms with Crippen LogP contribution in [0.2, 0.25) is 0 Å². The van der Waals surface area contributed by atoms with Crippen LogP contribution in [0.5, 0.6) is 0 Å². The van der Waals surface area contributed by atoms with Gasteiger partial charge in [-0.1, -0.05) is 17.3 Å². The van der Waals surface area contributed by atoms with Crippen molar-refractivity contribution in [3.8, 4) is 22.6 Å². The lowest BCUT2D eigenvalue weighted by atomic mass is 10.0. The van der Waals surface area contributed by atoms with E-state index < -0.39 is 0 Å². The van der Waals surface area contributed by atoms with E-state index in [2.05, 4.69) is 20.4 Å². The minimum Gasteiger partial charge on any atom is -0.466 e. The Labute approximate surface area is 176 Å². The average molecular weight is 414 g/mol. The van der Waals surface area contributed by atoms with Crippen LogP contribution in [0.1, 0.15) is 27.6 Å². The first-order valence-corrected chi connectivity index (χ1v) is 9.64. The molecule has 1 aromatic carbocycles.